The average molecular weight is 742 g/mol. The predicted octanol–water partition coefficient (Wildman–Crippen LogP) is 13.2. The van der Waals surface area contributed by atoms with Gasteiger partial charge in [-0.3, -0.25) is 9.55 Å². The molecule has 4 aromatic heterocycles. The first-order valence-corrected chi connectivity index (χ1v) is 19.5. The standard InChI is InChI=1S/C53H35N5/c1-4-13-37(14-5-1)50-51-44-29-25-41(46-21-12-20-45(55-46)36-31-33-54-34-32-36)35-40(44)26-30-49(51)57(52(50)38-15-6-2-7-16-38)43-27-23-39(24-28-43)53-56-47-19-10-11-22-48(47)58(53)42-17-8-3-9-18-42/h1-35H. The summed E-state index contributed by atoms with van der Waals surface area (Å²) in [6.45, 7) is 0. The molecule has 0 aliphatic carbocycles. The lowest BCUT2D eigenvalue weighted by Crippen LogP contribution is -1.99. The van der Waals surface area contributed by atoms with Crippen molar-refractivity contribution in [2.45, 2.75) is 0 Å². The Labute approximate surface area is 335 Å². The first-order valence-electron chi connectivity index (χ1n) is 19.5. The first kappa shape index (κ1) is 33.4. The second-order valence-electron chi connectivity index (χ2n) is 14.5. The Kier molecular flexibility index (Phi) is 8.07. The molecule has 0 atom stereocenters. The van der Waals surface area contributed by atoms with E-state index in [0.717, 1.165) is 78.5 Å². The van der Waals surface area contributed by atoms with E-state index in [1.54, 1.807) is 0 Å². The topological polar surface area (TPSA) is 48.5 Å². The van der Waals surface area contributed by atoms with Crippen LogP contribution >= 0.6 is 0 Å². The number of hydrogen-bond donors (Lipinski definition) is 0. The summed E-state index contributed by atoms with van der Waals surface area (Å²) in [5.74, 6) is 0.909. The molecule has 0 bridgehead atoms. The summed E-state index contributed by atoms with van der Waals surface area (Å²) < 4.78 is 4.69. The minimum atomic E-state index is 0.909. The van der Waals surface area contributed by atoms with E-state index in [2.05, 4.69) is 196 Å². The third-order valence-corrected chi connectivity index (χ3v) is 11.0. The molecule has 272 valence electrons. The number of fused-ring (bicyclic) bond motifs is 4. The summed E-state index contributed by atoms with van der Waals surface area (Å²) in [7, 11) is 0. The van der Waals surface area contributed by atoms with Gasteiger partial charge in [-0.05, 0) is 107 Å². The quantitative estimate of drug-likeness (QED) is 0.163. The van der Waals surface area contributed by atoms with E-state index in [1.807, 2.05) is 30.6 Å². The SMILES string of the molecule is c1ccc(-c2c(-c3ccccc3)n(-c3ccc(-c4nc5ccccc5n4-c4ccccc4)cc3)c3ccc4cc(-c5cccc(-c6ccncc6)n5)ccc4c23)cc1. The largest absolute Gasteiger partial charge is 0.309 e. The summed E-state index contributed by atoms with van der Waals surface area (Å²) in [5, 5.41) is 3.56. The van der Waals surface area contributed by atoms with Crippen LogP contribution in [0, 0.1) is 0 Å². The highest BCUT2D eigenvalue weighted by molar-refractivity contribution is 6.18. The van der Waals surface area contributed by atoms with Gasteiger partial charge >= 0.3 is 0 Å². The summed E-state index contributed by atoms with van der Waals surface area (Å²) in [6.07, 6.45) is 3.62. The molecular formula is C53H35N5. The van der Waals surface area contributed by atoms with Gasteiger partial charge in [0.1, 0.15) is 5.82 Å². The number of benzene rings is 7. The van der Waals surface area contributed by atoms with Crippen molar-refractivity contribution in [1.29, 1.82) is 0 Å². The second kappa shape index (κ2) is 14.0. The van der Waals surface area contributed by atoms with Crippen molar-refractivity contribution in [3.8, 4) is 67.7 Å². The maximum absolute atomic E-state index is 5.15. The van der Waals surface area contributed by atoms with Crippen LogP contribution in [0.4, 0.5) is 0 Å². The van der Waals surface area contributed by atoms with Gasteiger partial charge in [-0.15, -0.1) is 0 Å². The van der Waals surface area contributed by atoms with Crippen molar-refractivity contribution in [1.82, 2.24) is 24.1 Å². The number of rotatable bonds is 7. The van der Waals surface area contributed by atoms with E-state index in [1.165, 1.54) is 21.9 Å². The molecule has 0 spiro atoms. The van der Waals surface area contributed by atoms with Crippen molar-refractivity contribution < 1.29 is 0 Å². The van der Waals surface area contributed by atoms with Gasteiger partial charge in [-0.1, -0.05) is 115 Å². The van der Waals surface area contributed by atoms with Gasteiger partial charge in [0.05, 0.1) is 33.6 Å². The van der Waals surface area contributed by atoms with Crippen molar-refractivity contribution >= 4 is 32.7 Å². The van der Waals surface area contributed by atoms with Crippen LogP contribution in [-0.4, -0.2) is 24.1 Å². The number of hydrogen-bond acceptors (Lipinski definition) is 3. The minimum absolute atomic E-state index is 0.909. The Morgan fingerprint density at radius 2 is 1.02 bits per heavy atom. The van der Waals surface area contributed by atoms with Crippen molar-refractivity contribution in [2.75, 3.05) is 0 Å². The smallest absolute Gasteiger partial charge is 0.145 e. The molecule has 0 saturated heterocycles. The Hall–Kier alpha value is -7.89. The highest BCUT2D eigenvalue weighted by Crippen LogP contribution is 2.46. The highest BCUT2D eigenvalue weighted by Gasteiger charge is 2.24. The zero-order valence-corrected chi connectivity index (χ0v) is 31.4. The molecule has 11 rings (SSSR count). The number of aromatic nitrogens is 5. The zero-order chi connectivity index (χ0) is 38.4. The van der Waals surface area contributed by atoms with Crippen LogP contribution < -0.4 is 0 Å². The molecule has 5 heteroatoms. The van der Waals surface area contributed by atoms with Gasteiger partial charge in [0.2, 0.25) is 0 Å². The number of imidazole rings is 1. The molecule has 0 aliphatic heterocycles. The average Bonchev–Trinajstić information content (AvgIpc) is 3.87. The monoisotopic (exact) mass is 741 g/mol. The number of para-hydroxylation sites is 3. The van der Waals surface area contributed by atoms with E-state index >= 15 is 0 Å². The van der Waals surface area contributed by atoms with Gasteiger partial charge in [0.15, 0.2) is 0 Å². The molecule has 0 fully saturated rings. The Morgan fingerprint density at radius 1 is 0.379 bits per heavy atom. The molecule has 58 heavy (non-hydrogen) atoms. The minimum Gasteiger partial charge on any atom is -0.309 e. The maximum atomic E-state index is 5.15. The molecule has 4 heterocycles. The van der Waals surface area contributed by atoms with E-state index < -0.39 is 0 Å². The van der Waals surface area contributed by atoms with Crippen molar-refractivity contribution in [2.24, 2.45) is 0 Å². The van der Waals surface area contributed by atoms with Crippen LogP contribution in [0.1, 0.15) is 0 Å². The maximum Gasteiger partial charge on any atom is 0.145 e. The van der Waals surface area contributed by atoms with Crippen LogP contribution in [0.25, 0.3) is 100 Å². The Balaban J connectivity index is 1.12. The molecule has 0 unspecified atom stereocenters. The molecule has 0 amide bonds. The third kappa shape index (κ3) is 5.68. The fraction of sp³-hybridized carbons (Fsp3) is 0. The lowest BCUT2D eigenvalue weighted by Gasteiger charge is -2.14. The van der Waals surface area contributed by atoms with Crippen LogP contribution in [0.3, 0.4) is 0 Å². The molecule has 0 aliphatic rings. The number of nitrogens with zero attached hydrogens (tertiary/aromatic N) is 5. The molecule has 0 saturated carbocycles. The summed E-state index contributed by atoms with van der Waals surface area (Å²) in [6, 6.07) is 70.8. The highest BCUT2D eigenvalue weighted by atomic mass is 15.1. The molecule has 5 nitrogen and oxygen atoms in total. The van der Waals surface area contributed by atoms with Crippen LogP contribution in [0.5, 0.6) is 0 Å². The third-order valence-electron chi connectivity index (χ3n) is 11.0. The van der Waals surface area contributed by atoms with Crippen LogP contribution in [0.2, 0.25) is 0 Å². The van der Waals surface area contributed by atoms with Gasteiger partial charge < -0.3 is 4.57 Å². The van der Waals surface area contributed by atoms with Crippen LogP contribution in [-0.2, 0) is 0 Å². The van der Waals surface area contributed by atoms with Gasteiger partial charge in [0.25, 0.3) is 0 Å². The lowest BCUT2D eigenvalue weighted by molar-refractivity contribution is 1.10. The van der Waals surface area contributed by atoms with Crippen LogP contribution in [0.15, 0.2) is 213 Å². The van der Waals surface area contributed by atoms with Gasteiger partial charge in [0, 0.05) is 51.4 Å². The molecule has 11 aromatic rings. The first-order chi connectivity index (χ1) is 28.8. The fourth-order valence-electron chi connectivity index (χ4n) is 8.40. The predicted molar refractivity (Wildman–Crippen MR) is 238 cm³/mol. The van der Waals surface area contributed by atoms with Crippen molar-refractivity contribution in [3.63, 3.8) is 0 Å². The lowest BCUT2D eigenvalue weighted by atomic mass is 9.94. The van der Waals surface area contributed by atoms with Crippen molar-refractivity contribution in [3.05, 3.63) is 213 Å². The summed E-state index contributed by atoms with van der Waals surface area (Å²) in [4.78, 5) is 14.4. The normalized spacial score (nSPS) is 11.4. The Bertz CT molecular complexity index is 3240. The van der Waals surface area contributed by atoms with Gasteiger partial charge in [-0.2, -0.15) is 0 Å². The van der Waals surface area contributed by atoms with E-state index in [9.17, 15) is 0 Å². The Morgan fingerprint density at radius 3 is 1.78 bits per heavy atom. The zero-order valence-electron chi connectivity index (χ0n) is 31.4. The fourth-order valence-corrected chi connectivity index (χ4v) is 8.40. The second-order valence-corrected chi connectivity index (χ2v) is 14.5. The number of pyridine rings is 2. The van der Waals surface area contributed by atoms with Gasteiger partial charge in [-0.25, -0.2) is 9.97 Å². The van der Waals surface area contributed by atoms with E-state index in [0.29, 0.717) is 0 Å². The molecule has 0 N–H and O–H groups in total. The molecule has 0 radical (unpaired) electrons. The van der Waals surface area contributed by atoms with E-state index in [4.69, 9.17) is 9.97 Å². The van der Waals surface area contributed by atoms with E-state index in [-0.39, 0.29) is 0 Å². The summed E-state index contributed by atoms with van der Waals surface area (Å²) in [5.41, 5.74) is 15.0. The summed E-state index contributed by atoms with van der Waals surface area (Å²) >= 11 is 0. The molecular weight excluding hydrogens is 707 g/mol. The molecule has 7 aromatic carbocycles.